The van der Waals surface area contributed by atoms with Gasteiger partial charge in [-0.05, 0) is 54.1 Å². The Morgan fingerprint density at radius 1 is 0.724 bits per heavy atom. The van der Waals surface area contributed by atoms with E-state index in [-0.39, 0.29) is 11.4 Å². The summed E-state index contributed by atoms with van der Waals surface area (Å²) in [6.07, 6.45) is 0. The van der Waals surface area contributed by atoms with Crippen LogP contribution in [0.4, 0.5) is 5.69 Å². The van der Waals surface area contributed by atoms with Gasteiger partial charge in [0.05, 0.1) is 38.5 Å². The number of hydrogen-bond acceptors (Lipinski definition) is 5. The van der Waals surface area contributed by atoms with E-state index >= 15 is 0 Å². The first-order valence-corrected chi connectivity index (χ1v) is 10.4. The van der Waals surface area contributed by atoms with Crippen molar-refractivity contribution < 1.29 is 22.6 Å². The molecule has 3 aromatic carbocycles. The summed E-state index contributed by atoms with van der Waals surface area (Å²) in [6.45, 7) is 0.158. The van der Waals surface area contributed by atoms with Crippen LogP contribution in [0.2, 0.25) is 0 Å². The van der Waals surface area contributed by atoms with Crippen molar-refractivity contribution in [2.75, 3.05) is 25.6 Å². The number of ether oxygens (including phenoxy) is 3. The Morgan fingerprint density at radius 3 is 1.83 bits per heavy atom. The minimum absolute atomic E-state index is 0.158. The molecule has 0 N–H and O–H groups in total. The molecule has 3 aromatic rings. The molecule has 0 amide bonds. The number of anilines is 1. The first-order chi connectivity index (χ1) is 14.0. The smallest absolute Gasteiger partial charge is 0.264 e. The van der Waals surface area contributed by atoms with Crippen LogP contribution in [0.3, 0.4) is 0 Å². The molecule has 3 rings (SSSR count). The van der Waals surface area contributed by atoms with Gasteiger partial charge in [0.25, 0.3) is 10.0 Å². The topological polar surface area (TPSA) is 65.1 Å². The molecule has 0 saturated heterocycles. The fourth-order valence-corrected chi connectivity index (χ4v) is 4.30. The van der Waals surface area contributed by atoms with Gasteiger partial charge >= 0.3 is 0 Å². The summed E-state index contributed by atoms with van der Waals surface area (Å²) in [6, 6.07) is 20.6. The normalized spacial score (nSPS) is 11.0. The minimum Gasteiger partial charge on any atom is -0.497 e. The molecule has 0 aromatic heterocycles. The van der Waals surface area contributed by atoms with E-state index in [1.807, 2.05) is 12.1 Å². The molecular formula is C22H23NO5S. The van der Waals surface area contributed by atoms with E-state index in [1.165, 1.54) is 23.5 Å². The molecule has 0 aliphatic rings. The monoisotopic (exact) mass is 413 g/mol. The van der Waals surface area contributed by atoms with Crippen molar-refractivity contribution in [2.24, 2.45) is 0 Å². The van der Waals surface area contributed by atoms with Crippen molar-refractivity contribution in [1.29, 1.82) is 0 Å². The van der Waals surface area contributed by atoms with E-state index in [4.69, 9.17) is 14.2 Å². The lowest BCUT2D eigenvalue weighted by Crippen LogP contribution is -2.30. The zero-order chi connectivity index (χ0) is 20.9. The summed E-state index contributed by atoms with van der Waals surface area (Å²) in [5.41, 5.74) is 1.33. The quantitative estimate of drug-likeness (QED) is 0.556. The minimum atomic E-state index is -3.83. The predicted octanol–water partition coefficient (Wildman–Crippen LogP) is 4.11. The van der Waals surface area contributed by atoms with Crippen molar-refractivity contribution >= 4 is 15.7 Å². The van der Waals surface area contributed by atoms with E-state index in [0.29, 0.717) is 22.9 Å². The van der Waals surface area contributed by atoms with Gasteiger partial charge in [0.1, 0.15) is 17.2 Å². The van der Waals surface area contributed by atoms with Gasteiger partial charge in [-0.1, -0.05) is 18.2 Å². The molecule has 29 heavy (non-hydrogen) atoms. The molecule has 6 nitrogen and oxygen atoms in total. The molecule has 0 spiro atoms. The Morgan fingerprint density at radius 2 is 1.28 bits per heavy atom. The average molecular weight is 413 g/mol. The Labute approximate surface area is 171 Å². The lowest BCUT2D eigenvalue weighted by Gasteiger charge is -2.25. The van der Waals surface area contributed by atoms with E-state index in [9.17, 15) is 8.42 Å². The van der Waals surface area contributed by atoms with E-state index < -0.39 is 10.0 Å². The molecule has 152 valence electrons. The summed E-state index contributed by atoms with van der Waals surface area (Å²) < 4.78 is 43.9. The Balaban J connectivity index is 2.04. The third-order valence-corrected chi connectivity index (χ3v) is 6.26. The fraction of sp³-hybridized carbons (Fsp3) is 0.182. The SMILES string of the molecule is COc1ccc(CN(c2cccc(OC)c2)S(=O)(=O)c2ccc(OC)cc2)cc1. The van der Waals surface area contributed by atoms with Gasteiger partial charge in [0.2, 0.25) is 0 Å². The van der Waals surface area contributed by atoms with Crippen LogP contribution in [0.25, 0.3) is 0 Å². The third-order valence-electron chi connectivity index (χ3n) is 4.47. The summed E-state index contributed by atoms with van der Waals surface area (Å²) >= 11 is 0. The number of nitrogens with zero attached hydrogens (tertiary/aromatic N) is 1. The van der Waals surface area contributed by atoms with E-state index in [0.717, 1.165) is 5.56 Å². The van der Waals surface area contributed by atoms with Crippen LogP contribution in [-0.4, -0.2) is 29.7 Å². The number of benzene rings is 3. The summed E-state index contributed by atoms with van der Waals surface area (Å²) in [5, 5.41) is 0. The fourth-order valence-electron chi connectivity index (χ4n) is 2.85. The first kappa shape index (κ1) is 20.5. The Hall–Kier alpha value is -3.19. The van der Waals surface area contributed by atoms with Crippen LogP contribution < -0.4 is 18.5 Å². The molecule has 0 bridgehead atoms. The molecular weight excluding hydrogens is 390 g/mol. The molecule has 0 unspecified atom stereocenters. The van der Waals surface area contributed by atoms with Gasteiger partial charge in [-0.2, -0.15) is 0 Å². The Kier molecular flexibility index (Phi) is 6.29. The number of rotatable bonds is 8. The van der Waals surface area contributed by atoms with Crippen molar-refractivity contribution in [2.45, 2.75) is 11.4 Å². The van der Waals surface area contributed by atoms with Gasteiger partial charge in [0, 0.05) is 6.07 Å². The first-order valence-electron chi connectivity index (χ1n) is 8.91. The lowest BCUT2D eigenvalue weighted by molar-refractivity contribution is 0.414. The molecule has 7 heteroatoms. The highest BCUT2D eigenvalue weighted by Crippen LogP contribution is 2.30. The summed E-state index contributed by atoms with van der Waals surface area (Å²) in [7, 11) is 0.846. The van der Waals surface area contributed by atoms with Crippen molar-refractivity contribution in [3.8, 4) is 17.2 Å². The zero-order valence-corrected chi connectivity index (χ0v) is 17.3. The number of hydrogen-bond donors (Lipinski definition) is 0. The second kappa shape index (κ2) is 8.87. The molecule has 0 aliphatic heterocycles. The maximum absolute atomic E-state index is 13.5. The van der Waals surface area contributed by atoms with E-state index in [2.05, 4.69) is 0 Å². The lowest BCUT2D eigenvalue weighted by atomic mass is 10.2. The van der Waals surface area contributed by atoms with Gasteiger partial charge in [0.15, 0.2) is 0 Å². The second-order valence-electron chi connectivity index (χ2n) is 6.24. The largest absolute Gasteiger partial charge is 0.497 e. The number of sulfonamides is 1. The van der Waals surface area contributed by atoms with Crippen LogP contribution in [0, 0.1) is 0 Å². The van der Waals surface area contributed by atoms with E-state index in [1.54, 1.807) is 62.8 Å². The molecule has 0 heterocycles. The number of methoxy groups -OCH3 is 3. The molecule has 0 aliphatic carbocycles. The summed E-state index contributed by atoms with van der Waals surface area (Å²) in [4.78, 5) is 0.176. The maximum Gasteiger partial charge on any atom is 0.264 e. The van der Waals surface area contributed by atoms with Crippen LogP contribution in [0.15, 0.2) is 77.7 Å². The molecule has 0 radical (unpaired) electrons. The van der Waals surface area contributed by atoms with Crippen LogP contribution >= 0.6 is 0 Å². The highest BCUT2D eigenvalue weighted by molar-refractivity contribution is 7.92. The second-order valence-corrected chi connectivity index (χ2v) is 8.10. The molecule has 0 fully saturated rings. The van der Waals surface area contributed by atoms with Crippen LogP contribution in [0.5, 0.6) is 17.2 Å². The van der Waals surface area contributed by atoms with Gasteiger partial charge in [-0.3, -0.25) is 4.31 Å². The molecule has 0 saturated carbocycles. The summed E-state index contributed by atoms with van der Waals surface area (Å²) in [5.74, 6) is 1.87. The molecule has 0 atom stereocenters. The van der Waals surface area contributed by atoms with Crippen LogP contribution in [-0.2, 0) is 16.6 Å². The predicted molar refractivity (Wildman–Crippen MR) is 112 cm³/mol. The zero-order valence-electron chi connectivity index (χ0n) is 16.5. The van der Waals surface area contributed by atoms with Gasteiger partial charge in [-0.15, -0.1) is 0 Å². The maximum atomic E-state index is 13.5. The third kappa shape index (κ3) is 4.63. The highest BCUT2D eigenvalue weighted by Gasteiger charge is 2.25. The van der Waals surface area contributed by atoms with Gasteiger partial charge < -0.3 is 14.2 Å². The van der Waals surface area contributed by atoms with Crippen molar-refractivity contribution in [1.82, 2.24) is 0 Å². The van der Waals surface area contributed by atoms with Crippen LogP contribution in [0.1, 0.15) is 5.56 Å². The average Bonchev–Trinajstić information content (AvgIpc) is 2.77. The van der Waals surface area contributed by atoms with Gasteiger partial charge in [-0.25, -0.2) is 8.42 Å². The van der Waals surface area contributed by atoms with Crippen molar-refractivity contribution in [3.05, 3.63) is 78.4 Å². The highest BCUT2D eigenvalue weighted by atomic mass is 32.2. The van der Waals surface area contributed by atoms with Crippen molar-refractivity contribution in [3.63, 3.8) is 0 Å². The Bertz CT molecular complexity index is 1050. The standard InChI is InChI=1S/C22H23NO5S/c1-26-19-9-7-17(8-10-19)16-23(18-5-4-6-21(15-18)28-3)29(24,25)22-13-11-20(27-2)12-14-22/h4-15H,16H2,1-3H3.